The first-order chi connectivity index (χ1) is 13.8. The lowest BCUT2D eigenvalue weighted by Gasteiger charge is -2.14. The maximum Gasteiger partial charge on any atom is 0.0837 e. The van der Waals surface area contributed by atoms with Gasteiger partial charge in [-0.1, -0.05) is 54.6 Å². The fourth-order valence-electron chi connectivity index (χ4n) is 3.84. The van der Waals surface area contributed by atoms with E-state index < -0.39 is 6.10 Å². The van der Waals surface area contributed by atoms with Crippen LogP contribution in [0.4, 0.5) is 0 Å². The second-order valence-electron chi connectivity index (χ2n) is 6.94. The van der Waals surface area contributed by atoms with Crippen LogP contribution in [-0.2, 0) is 6.54 Å². The summed E-state index contributed by atoms with van der Waals surface area (Å²) in [5.74, 6) is 0.622. The predicted molar refractivity (Wildman–Crippen MR) is 118 cm³/mol. The normalized spacial score (nSPS) is 12.8. The molecule has 3 aromatic carbocycles. The lowest BCUT2D eigenvalue weighted by atomic mass is 10.2. The van der Waals surface area contributed by atoms with E-state index in [1.165, 1.54) is 21.8 Å². The van der Waals surface area contributed by atoms with Crippen LogP contribution in [0.15, 0.2) is 90.0 Å². The molecule has 0 aliphatic rings. The summed E-state index contributed by atoms with van der Waals surface area (Å²) < 4.78 is 2.23. The van der Waals surface area contributed by atoms with E-state index in [9.17, 15) is 5.11 Å². The Bertz CT molecular complexity index is 1220. The summed E-state index contributed by atoms with van der Waals surface area (Å²) in [6.45, 7) is 0.569. The van der Waals surface area contributed by atoms with Gasteiger partial charge in [-0.3, -0.25) is 4.98 Å². The quantitative estimate of drug-likeness (QED) is 0.407. The number of para-hydroxylation sites is 3. The third-order valence-corrected chi connectivity index (χ3v) is 6.29. The van der Waals surface area contributed by atoms with Crippen LogP contribution < -0.4 is 0 Å². The molecule has 28 heavy (non-hydrogen) atoms. The highest BCUT2D eigenvalue weighted by molar-refractivity contribution is 7.99. The maximum atomic E-state index is 10.8. The molecule has 0 saturated carbocycles. The Kier molecular flexibility index (Phi) is 4.51. The standard InChI is InChI=1S/C24H20N2OS/c27-18(16-28-23-13-5-7-17-8-6-14-25-24(17)23)15-26-21-11-3-1-9-19(21)20-10-2-4-12-22(20)26/h1-14,18,27H,15-16H2. The molecule has 1 N–H and O–H groups in total. The third-order valence-electron chi connectivity index (χ3n) is 5.10. The molecule has 5 aromatic rings. The predicted octanol–water partition coefficient (Wildman–Crippen LogP) is 5.50. The van der Waals surface area contributed by atoms with E-state index in [0.717, 1.165) is 15.8 Å². The van der Waals surface area contributed by atoms with E-state index in [1.54, 1.807) is 11.8 Å². The van der Waals surface area contributed by atoms with E-state index in [2.05, 4.69) is 76.3 Å². The lowest BCUT2D eigenvalue weighted by molar-refractivity contribution is 0.181. The highest BCUT2D eigenvalue weighted by atomic mass is 32.2. The molecule has 0 radical (unpaired) electrons. The van der Waals surface area contributed by atoms with Crippen LogP contribution in [0.5, 0.6) is 0 Å². The number of aromatic nitrogens is 2. The van der Waals surface area contributed by atoms with Gasteiger partial charge in [0.05, 0.1) is 11.6 Å². The molecule has 5 rings (SSSR count). The third kappa shape index (κ3) is 3.05. The van der Waals surface area contributed by atoms with Gasteiger partial charge in [-0.2, -0.15) is 0 Å². The number of pyridine rings is 1. The number of thioether (sulfide) groups is 1. The fraction of sp³-hybridized carbons (Fsp3) is 0.125. The summed E-state index contributed by atoms with van der Waals surface area (Å²) in [7, 11) is 0. The molecule has 2 heterocycles. The van der Waals surface area contributed by atoms with Crippen molar-refractivity contribution in [3.8, 4) is 0 Å². The Labute approximate surface area is 167 Å². The zero-order chi connectivity index (χ0) is 18.9. The van der Waals surface area contributed by atoms with Crippen LogP contribution in [0, 0.1) is 0 Å². The van der Waals surface area contributed by atoms with Crippen molar-refractivity contribution < 1.29 is 5.11 Å². The highest BCUT2D eigenvalue weighted by Crippen LogP contribution is 2.30. The van der Waals surface area contributed by atoms with Crippen molar-refractivity contribution in [3.05, 3.63) is 85.1 Å². The number of nitrogens with zero attached hydrogens (tertiary/aromatic N) is 2. The van der Waals surface area contributed by atoms with E-state index in [4.69, 9.17) is 0 Å². The van der Waals surface area contributed by atoms with Gasteiger partial charge < -0.3 is 9.67 Å². The van der Waals surface area contributed by atoms with Crippen molar-refractivity contribution in [1.29, 1.82) is 0 Å². The number of rotatable bonds is 5. The molecule has 1 atom stereocenters. The number of fused-ring (bicyclic) bond motifs is 4. The summed E-state index contributed by atoms with van der Waals surface area (Å²) in [5, 5.41) is 14.4. The molecule has 0 aliphatic heterocycles. The molecule has 0 saturated heterocycles. The van der Waals surface area contributed by atoms with E-state index >= 15 is 0 Å². The highest BCUT2D eigenvalue weighted by Gasteiger charge is 2.14. The molecular weight excluding hydrogens is 364 g/mol. The SMILES string of the molecule is OC(CSc1cccc2cccnc12)Cn1c2ccccc2c2ccccc21. The van der Waals surface area contributed by atoms with Gasteiger partial charge in [0, 0.05) is 50.6 Å². The molecule has 4 heteroatoms. The molecule has 0 fully saturated rings. The molecule has 1 unspecified atom stereocenters. The molecule has 0 aliphatic carbocycles. The van der Waals surface area contributed by atoms with Gasteiger partial charge in [0.25, 0.3) is 0 Å². The van der Waals surface area contributed by atoms with Crippen molar-refractivity contribution in [2.45, 2.75) is 17.5 Å². The van der Waals surface area contributed by atoms with Gasteiger partial charge in [0.15, 0.2) is 0 Å². The minimum Gasteiger partial charge on any atom is -0.390 e. The van der Waals surface area contributed by atoms with E-state index in [1.807, 2.05) is 18.3 Å². The summed E-state index contributed by atoms with van der Waals surface area (Å²) in [6.07, 6.45) is 1.36. The topological polar surface area (TPSA) is 38.1 Å². The average molecular weight is 385 g/mol. The number of hydrogen-bond acceptors (Lipinski definition) is 3. The molecule has 138 valence electrons. The maximum absolute atomic E-state index is 10.8. The van der Waals surface area contributed by atoms with Crippen LogP contribution in [0.2, 0.25) is 0 Å². The zero-order valence-electron chi connectivity index (χ0n) is 15.3. The van der Waals surface area contributed by atoms with E-state index in [0.29, 0.717) is 12.3 Å². The van der Waals surface area contributed by atoms with Gasteiger partial charge >= 0.3 is 0 Å². The molecule has 0 bridgehead atoms. The van der Waals surface area contributed by atoms with Crippen molar-refractivity contribution in [1.82, 2.24) is 9.55 Å². The van der Waals surface area contributed by atoms with Gasteiger partial charge in [0.1, 0.15) is 0 Å². The van der Waals surface area contributed by atoms with Gasteiger partial charge in [0.2, 0.25) is 0 Å². The molecule has 0 amide bonds. The van der Waals surface area contributed by atoms with Gasteiger partial charge in [-0.05, 0) is 24.3 Å². The Morgan fingerprint density at radius 3 is 2.25 bits per heavy atom. The largest absolute Gasteiger partial charge is 0.390 e. The molecule has 2 aromatic heterocycles. The van der Waals surface area contributed by atoms with Gasteiger partial charge in [-0.15, -0.1) is 11.8 Å². The summed E-state index contributed by atoms with van der Waals surface area (Å²) in [6, 6.07) is 27.0. The molecule has 3 nitrogen and oxygen atoms in total. The summed E-state index contributed by atoms with van der Waals surface area (Å²) in [4.78, 5) is 5.62. The van der Waals surface area contributed by atoms with Crippen LogP contribution in [0.1, 0.15) is 0 Å². The minimum atomic E-state index is -0.455. The Morgan fingerprint density at radius 1 is 0.821 bits per heavy atom. The van der Waals surface area contributed by atoms with Crippen LogP contribution in [0.3, 0.4) is 0 Å². The fourth-order valence-corrected chi connectivity index (χ4v) is 4.80. The summed E-state index contributed by atoms with van der Waals surface area (Å²) >= 11 is 1.66. The molecular formula is C24H20N2OS. The van der Waals surface area contributed by atoms with Crippen LogP contribution in [0.25, 0.3) is 32.7 Å². The Morgan fingerprint density at radius 2 is 1.50 bits per heavy atom. The van der Waals surface area contributed by atoms with Crippen LogP contribution >= 0.6 is 11.8 Å². The number of hydrogen-bond donors (Lipinski definition) is 1. The summed E-state index contributed by atoms with van der Waals surface area (Å²) in [5.41, 5.74) is 3.33. The first-order valence-electron chi connectivity index (χ1n) is 9.42. The zero-order valence-corrected chi connectivity index (χ0v) is 16.1. The van der Waals surface area contributed by atoms with E-state index in [-0.39, 0.29) is 0 Å². The number of benzene rings is 3. The second kappa shape index (κ2) is 7.30. The Hall–Kier alpha value is -2.82. The second-order valence-corrected chi connectivity index (χ2v) is 8.00. The van der Waals surface area contributed by atoms with Crippen molar-refractivity contribution >= 4 is 44.5 Å². The van der Waals surface area contributed by atoms with Crippen molar-refractivity contribution in [2.24, 2.45) is 0 Å². The average Bonchev–Trinajstić information content (AvgIpc) is 3.06. The monoisotopic (exact) mass is 384 g/mol. The molecule has 0 spiro atoms. The first-order valence-corrected chi connectivity index (χ1v) is 10.4. The first kappa shape index (κ1) is 17.3. The number of aliphatic hydroxyl groups is 1. The van der Waals surface area contributed by atoms with Crippen molar-refractivity contribution in [3.63, 3.8) is 0 Å². The minimum absolute atomic E-state index is 0.455. The van der Waals surface area contributed by atoms with Crippen molar-refractivity contribution in [2.75, 3.05) is 5.75 Å². The van der Waals surface area contributed by atoms with Crippen LogP contribution in [-0.4, -0.2) is 26.5 Å². The Balaban J connectivity index is 1.42. The smallest absolute Gasteiger partial charge is 0.0837 e. The number of aliphatic hydroxyl groups excluding tert-OH is 1. The lowest BCUT2D eigenvalue weighted by Crippen LogP contribution is -2.18. The van der Waals surface area contributed by atoms with Gasteiger partial charge in [-0.25, -0.2) is 0 Å².